The number of thiazole rings is 1. The molecule has 0 bridgehead atoms. The number of aromatic carboxylic acids is 1. The lowest BCUT2D eigenvalue weighted by atomic mass is 10.1. The van der Waals surface area contributed by atoms with E-state index in [-0.39, 0.29) is 11.4 Å². The maximum atomic E-state index is 11.1. The molecular weight excluding hydrogens is 316 g/mol. The second-order valence-corrected chi connectivity index (χ2v) is 6.55. The molecule has 1 heterocycles. The van der Waals surface area contributed by atoms with Gasteiger partial charge in [-0.15, -0.1) is 11.3 Å². The zero-order valence-electron chi connectivity index (χ0n) is 13.2. The summed E-state index contributed by atoms with van der Waals surface area (Å²) in [5.41, 5.74) is 1.90. The Kier molecular flexibility index (Phi) is 5.44. The normalized spacial score (nSPS) is 10.8. The number of carbonyl (C=O) groups is 1. The average Bonchev–Trinajstić information content (AvgIpc) is 2.88. The van der Waals surface area contributed by atoms with Crippen molar-refractivity contribution in [2.24, 2.45) is 11.1 Å². The van der Waals surface area contributed by atoms with Crippen molar-refractivity contribution in [3.63, 3.8) is 0 Å². The highest BCUT2D eigenvalue weighted by molar-refractivity contribution is 7.17. The Hall–Kier alpha value is -2.28. The van der Waals surface area contributed by atoms with Gasteiger partial charge in [-0.05, 0) is 31.0 Å². The van der Waals surface area contributed by atoms with Gasteiger partial charge in [0.2, 0.25) is 0 Å². The Labute approximate surface area is 138 Å². The molecule has 6 nitrogen and oxygen atoms in total. The fourth-order valence-electron chi connectivity index (χ4n) is 2.02. The van der Waals surface area contributed by atoms with E-state index in [4.69, 9.17) is 9.84 Å². The number of aryl methyl sites for hydroxylation is 1. The Morgan fingerprint density at radius 2 is 2.17 bits per heavy atom. The number of hydrogen-bond donors (Lipinski definition) is 1. The van der Waals surface area contributed by atoms with Gasteiger partial charge in [-0.2, -0.15) is 4.91 Å². The fourth-order valence-corrected chi connectivity index (χ4v) is 2.92. The smallest absolute Gasteiger partial charge is 0.347 e. The van der Waals surface area contributed by atoms with Crippen LogP contribution in [-0.2, 0) is 6.54 Å². The molecular formula is C16H18N2O4S. The molecule has 0 fully saturated rings. The quantitative estimate of drug-likeness (QED) is 0.769. The van der Waals surface area contributed by atoms with E-state index in [2.05, 4.69) is 10.2 Å². The van der Waals surface area contributed by atoms with Crippen LogP contribution in [-0.4, -0.2) is 22.7 Å². The van der Waals surface area contributed by atoms with Gasteiger partial charge < -0.3 is 9.84 Å². The Morgan fingerprint density at radius 3 is 2.74 bits per heavy atom. The van der Waals surface area contributed by atoms with Crippen LogP contribution in [0.5, 0.6) is 5.75 Å². The highest BCUT2D eigenvalue weighted by atomic mass is 32.1. The molecule has 1 N–H and O–H groups in total. The summed E-state index contributed by atoms with van der Waals surface area (Å²) >= 11 is 1.11. The highest BCUT2D eigenvalue weighted by Gasteiger charge is 2.16. The lowest BCUT2D eigenvalue weighted by molar-refractivity contribution is 0.0701. The van der Waals surface area contributed by atoms with Crippen LogP contribution in [0.3, 0.4) is 0 Å². The second kappa shape index (κ2) is 7.32. The standard InChI is InChI=1S/C16H18N2O4S/c1-9(2)8-22-13-5-4-11(6-12(13)7-17-21)15-18-10(3)14(23-15)16(19)20/h4-6,9H,7-8H2,1-3H3,(H,19,20). The summed E-state index contributed by atoms with van der Waals surface area (Å²) in [6.45, 7) is 6.29. The maximum Gasteiger partial charge on any atom is 0.347 e. The second-order valence-electron chi connectivity index (χ2n) is 5.55. The van der Waals surface area contributed by atoms with Gasteiger partial charge in [0.1, 0.15) is 22.2 Å². The van der Waals surface area contributed by atoms with Gasteiger partial charge in [-0.3, -0.25) is 0 Å². The third-order valence-electron chi connectivity index (χ3n) is 3.11. The summed E-state index contributed by atoms with van der Waals surface area (Å²) in [6.07, 6.45) is 0. The molecule has 0 amide bonds. The highest BCUT2D eigenvalue weighted by Crippen LogP contribution is 2.32. The molecule has 0 aliphatic heterocycles. The Balaban J connectivity index is 2.36. The number of aromatic nitrogens is 1. The molecule has 23 heavy (non-hydrogen) atoms. The molecule has 2 aromatic rings. The van der Waals surface area contributed by atoms with E-state index in [0.717, 1.165) is 16.9 Å². The van der Waals surface area contributed by atoms with Crippen molar-refractivity contribution in [1.82, 2.24) is 4.98 Å². The molecule has 7 heteroatoms. The van der Waals surface area contributed by atoms with E-state index in [1.807, 2.05) is 19.9 Å². The van der Waals surface area contributed by atoms with Crippen LogP contribution in [0.2, 0.25) is 0 Å². The number of rotatable bonds is 7. The number of hydrogen-bond acceptors (Lipinski definition) is 6. The van der Waals surface area contributed by atoms with Crippen molar-refractivity contribution in [3.05, 3.63) is 39.2 Å². The van der Waals surface area contributed by atoms with Crippen LogP contribution in [0.1, 0.15) is 34.8 Å². The first-order valence-electron chi connectivity index (χ1n) is 7.18. The van der Waals surface area contributed by atoms with E-state index in [9.17, 15) is 9.70 Å². The van der Waals surface area contributed by atoms with E-state index in [1.165, 1.54) is 0 Å². The number of ether oxygens (including phenoxy) is 1. The van der Waals surface area contributed by atoms with Gasteiger partial charge in [0, 0.05) is 11.1 Å². The Morgan fingerprint density at radius 1 is 1.43 bits per heavy atom. The van der Waals surface area contributed by atoms with Crippen molar-refractivity contribution in [2.45, 2.75) is 27.3 Å². The molecule has 0 aliphatic carbocycles. The predicted octanol–water partition coefficient (Wildman–Crippen LogP) is 4.12. The molecule has 0 saturated carbocycles. The number of nitroso groups, excluding NO2 is 1. The minimum Gasteiger partial charge on any atom is -0.493 e. The van der Waals surface area contributed by atoms with Gasteiger partial charge in [-0.1, -0.05) is 19.0 Å². The zero-order chi connectivity index (χ0) is 17.0. The molecule has 0 atom stereocenters. The molecule has 0 spiro atoms. The first-order chi connectivity index (χ1) is 10.9. The molecule has 0 radical (unpaired) electrons. The van der Waals surface area contributed by atoms with Crippen molar-refractivity contribution in [1.29, 1.82) is 0 Å². The largest absolute Gasteiger partial charge is 0.493 e. The van der Waals surface area contributed by atoms with Crippen molar-refractivity contribution < 1.29 is 14.6 Å². The first-order valence-corrected chi connectivity index (χ1v) is 8.00. The molecule has 1 aromatic heterocycles. The molecule has 2 rings (SSSR count). The van der Waals surface area contributed by atoms with Crippen molar-refractivity contribution in [3.8, 4) is 16.3 Å². The Bertz CT molecular complexity index is 725. The van der Waals surface area contributed by atoms with Gasteiger partial charge in [0.05, 0.1) is 12.3 Å². The summed E-state index contributed by atoms with van der Waals surface area (Å²) in [7, 11) is 0. The van der Waals surface area contributed by atoms with Gasteiger partial charge in [0.15, 0.2) is 0 Å². The van der Waals surface area contributed by atoms with Gasteiger partial charge >= 0.3 is 5.97 Å². The summed E-state index contributed by atoms with van der Waals surface area (Å²) in [4.78, 5) is 26.3. The SMILES string of the molecule is Cc1nc(-c2ccc(OCC(C)C)c(CN=O)c2)sc1C(=O)O. The van der Waals surface area contributed by atoms with Crippen molar-refractivity contribution >= 4 is 17.3 Å². The minimum absolute atomic E-state index is 0.00257. The minimum atomic E-state index is -0.988. The number of carboxylic acid groups (broad SMARTS) is 1. The molecule has 0 unspecified atom stereocenters. The third-order valence-corrected chi connectivity index (χ3v) is 4.30. The van der Waals surface area contributed by atoms with Crippen LogP contribution >= 0.6 is 11.3 Å². The van der Waals surface area contributed by atoms with E-state index < -0.39 is 5.97 Å². The van der Waals surface area contributed by atoms with Crippen LogP contribution in [0.15, 0.2) is 23.4 Å². The topological polar surface area (TPSA) is 88.9 Å². The van der Waals surface area contributed by atoms with Gasteiger partial charge in [0.25, 0.3) is 0 Å². The van der Waals surface area contributed by atoms with Crippen LogP contribution in [0.4, 0.5) is 0 Å². The monoisotopic (exact) mass is 334 g/mol. The van der Waals surface area contributed by atoms with E-state index in [1.54, 1.807) is 19.1 Å². The number of carboxylic acids is 1. The summed E-state index contributed by atoms with van der Waals surface area (Å²) in [6, 6.07) is 5.37. The lowest BCUT2D eigenvalue weighted by Gasteiger charge is -2.12. The van der Waals surface area contributed by atoms with Crippen LogP contribution < -0.4 is 4.74 Å². The molecule has 0 saturated heterocycles. The lowest BCUT2D eigenvalue weighted by Crippen LogP contribution is -2.06. The predicted molar refractivity (Wildman–Crippen MR) is 89.1 cm³/mol. The number of benzene rings is 1. The van der Waals surface area contributed by atoms with E-state index in [0.29, 0.717) is 34.5 Å². The molecule has 1 aromatic carbocycles. The van der Waals surface area contributed by atoms with Crippen molar-refractivity contribution in [2.75, 3.05) is 6.61 Å². The molecule has 0 aliphatic rings. The number of nitrogens with zero attached hydrogens (tertiary/aromatic N) is 2. The maximum absolute atomic E-state index is 11.1. The molecule has 122 valence electrons. The summed E-state index contributed by atoms with van der Waals surface area (Å²) < 4.78 is 5.70. The third kappa shape index (κ3) is 4.13. The van der Waals surface area contributed by atoms with Crippen LogP contribution in [0.25, 0.3) is 10.6 Å². The van der Waals surface area contributed by atoms with Gasteiger partial charge in [-0.25, -0.2) is 9.78 Å². The van der Waals surface area contributed by atoms with E-state index >= 15 is 0 Å². The summed E-state index contributed by atoms with van der Waals surface area (Å²) in [5.74, 6) is -0.00171. The fraction of sp³-hybridized carbons (Fsp3) is 0.375. The average molecular weight is 334 g/mol. The summed E-state index contributed by atoms with van der Waals surface area (Å²) in [5, 5.41) is 12.7. The zero-order valence-corrected chi connectivity index (χ0v) is 14.0. The van der Waals surface area contributed by atoms with Crippen LogP contribution in [0, 0.1) is 17.7 Å². The first kappa shape index (κ1) is 17.1.